The molecule has 1 saturated heterocycles. The van der Waals surface area contributed by atoms with Gasteiger partial charge in [-0.15, -0.1) is 0 Å². The van der Waals surface area contributed by atoms with Crippen molar-refractivity contribution >= 4 is 17.5 Å². The van der Waals surface area contributed by atoms with E-state index in [4.69, 9.17) is 0 Å². The van der Waals surface area contributed by atoms with E-state index in [1.54, 1.807) is 29.1 Å². The zero-order valence-corrected chi connectivity index (χ0v) is 16.2. The molecular weight excluding hydrogens is 385 g/mol. The number of rotatable bonds is 3. The van der Waals surface area contributed by atoms with Crippen molar-refractivity contribution in [2.45, 2.75) is 18.9 Å². The molecule has 0 saturated carbocycles. The third-order valence-electron chi connectivity index (χ3n) is 5.79. The number of pyridine rings is 1. The van der Waals surface area contributed by atoms with Gasteiger partial charge in [0.2, 0.25) is 5.95 Å². The van der Waals surface area contributed by atoms with Crippen molar-refractivity contribution in [2.75, 3.05) is 23.3 Å². The summed E-state index contributed by atoms with van der Waals surface area (Å²) in [5.74, 6) is 0.376. The normalized spacial score (nSPS) is 19.8. The third kappa shape index (κ3) is 3.34. The van der Waals surface area contributed by atoms with E-state index >= 15 is 0 Å². The molecule has 4 heterocycles. The number of amides is 1. The molecule has 2 aliphatic heterocycles. The minimum atomic E-state index is -0.434. The minimum absolute atomic E-state index is 0.204. The second kappa shape index (κ2) is 7.37. The van der Waals surface area contributed by atoms with Crippen LogP contribution in [0, 0.1) is 11.7 Å². The van der Waals surface area contributed by atoms with Gasteiger partial charge in [0.05, 0.1) is 0 Å². The highest BCUT2D eigenvalue weighted by atomic mass is 19.1. The number of carbonyl (C=O) groups excluding carboxylic acids is 1. The van der Waals surface area contributed by atoms with E-state index in [1.807, 2.05) is 6.07 Å². The van der Waals surface area contributed by atoms with Crippen LogP contribution in [-0.4, -0.2) is 33.5 Å². The Morgan fingerprint density at radius 2 is 1.80 bits per heavy atom. The van der Waals surface area contributed by atoms with Gasteiger partial charge in [0.1, 0.15) is 11.5 Å². The summed E-state index contributed by atoms with van der Waals surface area (Å²) in [5.41, 5.74) is 1.30. The molecule has 30 heavy (non-hydrogen) atoms. The Hall–Kier alpha value is -3.55. The van der Waals surface area contributed by atoms with Crippen molar-refractivity contribution in [3.63, 3.8) is 0 Å². The van der Waals surface area contributed by atoms with Crippen molar-refractivity contribution in [3.8, 4) is 0 Å². The number of piperidine rings is 1. The second-order valence-corrected chi connectivity index (χ2v) is 7.80. The van der Waals surface area contributed by atoms with Gasteiger partial charge in [0, 0.05) is 49.2 Å². The number of aromatic nitrogens is 3. The lowest BCUT2D eigenvalue weighted by Crippen LogP contribution is -2.48. The number of anilines is 2. The van der Waals surface area contributed by atoms with Gasteiger partial charge in [0.25, 0.3) is 11.5 Å². The van der Waals surface area contributed by atoms with E-state index in [1.165, 1.54) is 24.3 Å². The van der Waals surface area contributed by atoms with Gasteiger partial charge < -0.3 is 14.8 Å². The van der Waals surface area contributed by atoms with Crippen molar-refractivity contribution in [2.24, 2.45) is 5.92 Å². The molecule has 2 atom stereocenters. The molecule has 2 aliphatic rings. The van der Waals surface area contributed by atoms with E-state index in [9.17, 15) is 14.0 Å². The Kier molecular flexibility index (Phi) is 4.54. The molecule has 5 rings (SSSR count). The maximum atomic E-state index is 13.1. The number of hydrogen-bond acceptors (Lipinski definition) is 5. The molecule has 7 nitrogen and oxygen atoms in total. The largest absolute Gasteiger partial charge is 0.340 e. The highest BCUT2D eigenvalue weighted by Crippen LogP contribution is 2.36. The number of hydrogen-bond donors (Lipinski definition) is 1. The highest BCUT2D eigenvalue weighted by molar-refractivity contribution is 6.04. The summed E-state index contributed by atoms with van der Waals surface area (Å²) in [6.45, 7) is 2.13. The quantitative estimate of drug-likeness (QED) is 0.725. The molecule has 3 aromatic rings. The van der Waals surface area contributed by atoms with Crippen LogP contribution in [-0.2, 0) is 6.54 Å². The van der Waals surface area contributed by atoms with Crippen molar-refractivity contribution in [1.82, 2.24) is 14.5 Å². The zero-order valence-electron chi connectivity index (χ0n) is 16.2. The summed E-state index contributed by atoms with van der Waals surface area (Å²) >= 11 is 0. The average Bonchev–Trinajstić information content (AvgIpc) is 2.77. The first-order valence-electron chi connectivity index (χ1n) is 9.91. The van der Waals surface area contributed by atoms with Crippen LogP contribution in [0.5, 0.6) is 0 Å². The van der Waals surface area contributed by atoms with E-state index in [0.717, 1.165) is 25.2 Å². The smallest absolute Gasteiger partial charge is 0.274 e. The molecule has 2 aromatic heterocycles. The van der Waals surface area contributed by atoms with Gasteiger partial charge in [0.15, 0.2) is 0 Å². The fourth-order valence-corrected chi connectivity index (χ4v) is 4.45. The molecule has 1 aromatic carbocycles. The van der Waals surface area contributed by atoms with Crippen LogP contribution in [0.25, 0.3) is 0 Å². The van der Waals surface area contributed by atoms with Crippen LogP contribution in [0.2, 0.25) is 0 Å². The van der Waals surface area contributed by atoms with Crippen LogP contribution >= 0.6 is 0 Å². The van der Waals surface area contributed by atoms with Gasteiger partial charge in [-0.3, -0.25) is 9.59 Å². The van der Waals surface area contributed by atoms with Crippen molar-refractivity contribution in [1.29, 1.82) is 0 Å². The van der Waals surface area contributed by atoms with E-state index in [-0.39, 0.29) is 17.2 Å². The second-order valence-electron chi connectivity index (χ2n) is 7.80. The van der Waals surface area contributed by atoms with Crippen LogP contribution in [0.1, 0.15) is 28.4 Å². The number of fused-ring (bicyclic) bond motifs is 4. The molecule has 0 radical (unpaired) electrons. The molecule has 2 bridgehead atoms. The summed E-state index contributed by atoms with van der Waals surface area (Å²) in [7, 11) is 0. The Morgan fingerprint density at radius 1 is 1.03 bits per heavy atom. The van der Waals surface area contributed by atoms with Gasteiger partial charge in [-0.25, -0.2) is 14.4 Å². The predicted octanol–water partition coefficient (Wildman–Crippen LogP) is 2.65. The first kappa shape index (κ1) is 18.5. The maximum absolute atomic E-state index is 13.1. The van der Waals surface area contributed by atoms with Crippen LogP contribution in [0.15, 0.2) is 59.7 Å². The number of halogens is 1. The fraction of sp³-hybridized carbons (Fsp3) is 0.273. The van der Waals surface area contributed by atoms with E-state index < -0.39 is 11.7 Å². The summed E-state index contributed by atoms with van der Waals surface area (Å²) in [4.78, 5) is 36.4. The molecule has 1 fully saturated rings. The fourth-order valence-electron chi connectivity index (χ4n) is 4.45. The van der Waals surface area contributed by atoms with E-state index in [0.29, 0.717) is 24.0 Å². The van der Waals surface area contributed by atoms with Gasteiger partial charge in [-0.05, 0) is 54.8 Å². The number of nitrogens with one attached hydrogen (secondary N) is 1. The predicted molar refractivity (Wildman–Crippen MR) is 110 cm³/mol. The van der Waals surface area contributed by atoms with E-state index in [2.05, 4.69) is 20.2 Å². The van der Waals surface area contributed by atoms with Gasteiger partial charge in [-0.1, -0.05) is 0 Å². The molecule has 8 heteroatoms. The Morgan fingerprint density at radius 3 is 2.57 bits per heavy atom. The minimum Gasteiger partial charge on any atom is -0.340 e. The first-order chi connectivity index (χ1) is 14.6. The SMILES string of the molecule is O=C(Nc1ccc2n(c1=O)C[C@@H]1C[C@@H]2CN(c2ncccn2)C1)c1ccc(F)cc1. The Labute approximate surface area is 172 Å². The Balaban J connectivity index is 1.40. The lowest BCUT2D eigenvalue weighted by Gasteiger charge is -2.42. The van der Waals surface area contributed by atoms with Gasteiger partial charge >= 0.3 is 0 Å². The molecular formula is C22H20FN5O2. The lowest BCUT2D eigenvalue weighted by atomic mass is 9.83. The summed E-state index contributed by atoms with van der Waals surface area (Å²) < 4.78 is 14.9. The molecule has 0 aliphatic carbocycles. The van der Waals surface area contributed by atoms with Crippen molar-refractivity contribution in [3.05, 3.63) is 82.3 Å². The summed E-state index contributed by atoms with van der Waals surface area (Å²) in [6.07, 6.45) is 4.49. The van der Waals surface area contributed by atoms with Gasteiger partial charge in [-0.2, -0.15) is 0 Å². The lowest BCUT2D eigenvalue weighted by molar-refractivity contribution is 0.102. The van der Waals surface area contributed by atoms with Crippen molar-refractivity contribution < 1.29 is 9.18 Å². The Bertz CT molecular complexity index is 1150. The van der Waals surface area contributed by atoms with Crippen LogP contribution in [0.3, 0.4) is 0 Å². The zero-order chi connectivity index (χ0) is 20.7. The monoisotopic (exact) mass is 405 g/mol. The number of nitrogens with zero attached hydrogens (tertiary/aromatic N) is 4. The van der Waals surface area contributed by atoms with Crippen LogP contribution in [0.4, 0.5) is 16.0 Å². The molecule has 0 spiro atoms. The molecule has 1 N–H and O–H groups in total. The third-order valence-corrected chi connectivity index (χ3v) is 5.79. The average molecular weight is 405 g/mol. The highest BCUT2D eigenvalue weighted by Gasteiger charge is 2.35. The topological polar surface area (TPSA) is 80.1 Å². The first-order valence-corrected chi connectivity index (χ1v) is 9.91. The molecule has 0 unspecified atom stereocenters. The summed E-state index contributed by atoms with van der Waals surface area (Å²) in [6, 6.07) is 10.6. The molecule has 1 amide bonds. The molecule has 152 valence electrons. The number of carbonyl (C=O) groups is 1. The number of benzene rings is 1. The van der Waals surface area contributed by atoms with Crippen LogP contribution < -0.4 is 15.8 Å². The maximum Gasteiger partial charge on any atom is 0.274 e. The summed E-state index contributed by atoms with van der Waals surface area (Å²) in [5, 5.41) is 2.67. The standard InChI is InChI=1S/C22H20FN5O2/c23-17-4-2-15(3-5-17)20(29)26-18-6-7-19-16-10-14(12-28(19)21(18)30)11-27(13-16)22-24-8-1-9-25-22/h1-9,14,16H,10-13H2,(H,26,29)/t14-,16-/m1/s1.